The zero-order valence-corrected chi connectivity index (χ0v) is 7.30. The van der Waals surface area contributed by atoms with Crippen molar-refractivity contribution < 1.29 is 9.59 Å². The van der Waals surface area contributed by atoms with Crippen LogP contribution in [0.5, 0.6) is 0 Å². The van der Waals surface area contributed by atoms with E-state index in [1.807, 2.05) is 6.92 Å². The Balaban J connectivity index is 3.51. The monoisotopic (exact) mass is 156 g/mol. The molecule has 0 aliphatic heterocycles. The summed E-state index contributed by atoms with van der Waals surface area (Å²) in [6.07, 6.45) is 4.17. The van der Waals surface area contributed by atoms with E-state index in [1.54, 1.807) is 6.92 Å². The molecule has 0 aliphatic rings. The summed E-state index contributed by atoms with van der Waals surface area (Å²) in [5.74, 6) is 0.275. The normalized spacial score (nSPS) is 12.5. The Hall–Kier alpha value is -0.660. The molecule has 0 spiro atoms. The zero-order chi connectivity index (χ0) is 8.69. The second kappa shape index (κ2) is 6.08. The van der Waals surface area contributed by atoms with Gasteiger partial charge in [0.2, 0.25) is 0 Å². The maximum Gasteiger partial charge on any atom is 0.129 e. The molecule has 0 fully saturated rings. The minimum absolute atomic E-state index is 0.101. The van der Waals surface area contributed by atoms with E-state index in [2.05, 4.69) is 0 Å². The molecule has 2 heteroatoms. The van der Waals surface area contributed by atoms with E-state index in [1.165, 1.54) is 0 Å². The highest BCUT2D eigenvalue weighted by molar-refractivity contribution is 5.75. The van der Waals surface area contributed by atoms with Gasteiger partial charge in [-0.25, -0.2) is 0 Å². The first kappa shape index (κ1) is 10.3. The number of hydrogen-bond acceptors (Lipinski definition) is 2. The topological polar surface area (TPSA) is 34.1 Å². The lowest BCUT2D eigenvalue weighted by molar-refractivity contribution is -0.117. The van der Waals surface area contributed by atoms with Crippen molar-refractivity contribution >= 4 is 12.1 Å². The fourth-order valence-corrected chi connectivity index (χ4v) is 1.04. The number of ketones is 1. The molecule has 0 aromatic rings. The van der Waals surface area contributed by atoms with E-state index in [9.17, 15) is 9.59 Å². The average Bonchev–Trinajstić information content (AvgIpc) is 1.97. The van der Waals surface area contributed by atoms with Crippen LogP contribution in [0.25, 0.3) is 0 Å². The molecule has 0 aliphatic carbocycles. The van der Waals surface area contributed by atoms with Crippen molar-refractivity contribution in [2.45, 2.75) is 39.5 Å². The predicted octanol–water partition coefficient (Wildman–Crippen LogP) is 1.97. The van der Waals surface area contributed by atoms with Gasteiger partial charge in [0, 0.05) is 12.3 Å². The number of carbonyl (C=O) groups is 2. The first-order chi connectivity index (χ1) is 5.20. The van der Waals surface area contributed by atoms with Gasteiger partial charge in [0.15, 0.2) is 0 Å². The number of rotatable bonds is 6. The molecule has 1 atom stereocenters. The van der Waals surface area contributed by atoms with Gasteiger partial charge < -0.3 is 9.59 Å². The molecule has 0 saturated heterocycles. The van der Waals surface area contributed by atoms with Crippen molar-refractivity contribution in [1.82, 2.24) is 0 Å². The van der Waals surface area contributed by atoms with Crippen molar-refractivity contribution in [3.05, 3.63) is 0 Å². The van der Waals surface area contributed by atoms with Gasteiger partial charge in [-0.1, -0.05) is 13.3 Å². The molecule has 0 rings (SSSR count). The molecule has 0 aromatic carbocycles. The number of hydrogen-bond donors (Lipinski definition) is 0. The Labute approximate surface area is 68.0 Å². The number of Topliss-reactive ketones (excluding diaryl/α,β-unsaturated/α-hetero) is 1. The van der Waals surface area contributed by atoms with E-state index >= 15 is 0 Å². The highest BCUT2D eigenvalue weighted by Gasteiger charge is 2.06. The fraction of sp³-hybridized carbons (Fsp3) is 0.778. The van der Waals surface area contributed by atoms with Gasteiger partial charge in [0.05, 0.1) is 0 Å². The van der Waals surface area contributed by atoms with Crippen molar-refractivity contribution in [1.29, 1.82) is 0 Å². The van der Waals surface area contributed by atoms with Gasteiger partial charge >= 0.3 is 0 Å². The Morgan fingerprint density at radius 3 is 2.45 bits per heavy atom. The lowest BCUT2D eigenvalue weighted by Crippen LogP contribution is -2.03. The Morgan fingerprint density at radius 2 is 2.09 bits per heavy atom. The van der Waals surface area contributed by atoms with Crippen LogP contribution in [0.1, 0.15) is 39.5 Å². The first-order valence-corrected chi connectivity index (χ1v) is 4.15. The van der Waals surface area contributed by atoms with Crippen molar-refractivity contribution in [2.24, 2.45) is 5.92 Å². The fourth-order valence-electron chi connectivity index (χ4n) is 1.04. The van der Waals surface area contributed by atoms with Gasteiger partial charge in [0.25, 0.3) is 0 Å². The highest BCUT2D eigenvalue weighted by atomic mass is 16.1. The summed E-state index contributed by atoms with van der Waals surface area (Å²) in [5, 5.41) is 0. The molecule has 0 amide bonds. The standard InChI is InChI=1S/C9H16O2/c1-3-4-9(7-10)6-5-8(2)11/h7,9H,3-6H2,1-2H3. The second-order valence-corrected chi connectivity index (χ2v) is 2.93. The molecule has 2 nitrogen and oxygen atoms in total. The summed E-state index contributed by atoms with van der Waals surface area (Å²) in [6, 6.07) is 0. The van der Waals surface area contributed by atoms with E-state index in [0.29, 0.717) is 6.42 Å². The Morgan fingerprint density at radius 1 is 1.45 bits per heavy atom. The van der Waals surface area contributed by atoms with Crippen LogP contribution >= 0.6 is 0 Å². The van der Waals surface area contributed by atoms with Crippen LogP contribution in [0.4, 0.5) is 0 Å². The maximum atomic E-state index is 10.6. The molecule has 0 saturated carbocycles. The van der Waals surface area contributed by atoms with Crippen molar-refractivity contribution in [3.8, 4) is 0 Å². The summed E-state index contributed by atoms with van der Waals surface area (Å²) >= 11 is 0. The van der Waals surface area contributed by atoms with Crippen LogP contribution in [-0.4, -0.2) is 12.1 Å². The molecular formula is C9H16O2. The third-order valence-electron chi connectivity index (χ3n) is 1.72. The van der Waals surface area contributed by atoms with E-state index in [0.717, 1.165) is 25.5 Å². The van der Waals surface area contributed by atoms with Crippen molar-refractivity contribution in [3.63, 3.8) is 0 Å². The van der Waals surface area contributed by atoms with Crippen LogP contribution < -0.4 is 0 Å². The predicted molar refractivity (Wildman–Crippen MR) is 44.4 cm³/mol. The highest BCUT2D eigenvalue weighted by Crippen LogP contribution is 2.10. The lowest BCUT2D eigenvalue weighted by atomic mass is 9.99. The molecule has 0 aromatic heterocycles. The van der Waals surface area contributed by atoms with E-state index in [-0.39, 0.29) is 11.7 Å². The average molecular weight is 156 g/mol. The third kappa shape index (κ3) is 5.77. The van der Waals surface area contributed by atoms with Crippen LogP contribution in [0.3, 0.4) is 0 Å². The molecule has 1 unspecified atom stereocenters. The maximum absolute atomic E-state index is 10.6. The van der Waals surface area contributed by atoms with Crippen LogP contribution in [0.15, 0.2) is 0 Å². The second-order valence-electron chi connectivity index (χ2n) is 2.93. The summed E-state index contributed by atoms with van der Waals surface area (Å²) in [6.45, 7) is 3.61. The summed E-state index contributed by atoms with van der Waals surface area (Å²) in [5.41, 5.74) is 0. The molecule has 11 heavy (non-hydrogen) atoms. The molecular weight excluding hydrogens is 140 g/mol. The molecule has 0 radical (unpaired) electrons. The Bertz CT molecular complexity index is 130. The Kier molecular flexibility index (Phi) is 5.71. The van der Waals surface area contributed by atoms with Gasteiger partial charge in [0.1, 0.15) is 12.1 Å². The minimum Gasteiger partial charge on any atom is -0.303 e. The van der Waals surface area contributed by atoms with Crippen LogP contribution in [0, 0.1) is 5.92 Å². The van der Waals surface area contributed by atoms with Gasteiger partial charge in [-0.2, -0.15) is 0 Å². The minimum atomic E-state index is 0.101. The SMILES string of the molecule is CCCC(C=O)CCC(C)=O. The molecule has 0 N–H and O–H groups in total. The third-order valence-corrected chi connectivity index (χ3v) is 1.72. The molecule has 0 bridgehead atoms. The smallest absolute Gasteiger partial charge is 0.129 e. The molecule has 0 heterocycles. The van der Waals surface area contributed by atoms with Crippen LogP contribution in [0.2, 0.25) is 0 Å². The van der Waals surface area contributed by atoms with E-state index < -0.39 is 0 Å². The van der Waals surface area contributed by atoms with Crippen LogP contribution in [-0.2, 0) is 9.59 Å². The first-order valence-electron chi connectivity index (χ1n) is 4.15. The summed E-state index contributed by atoms with van der Waals surface area (Å²) < 4.78 is 0. The van der Waals surface area contributed by atoms with Gasteiger partial charge in [-0.3, -0.25) is 0 Å². The quantitative estimate of drug-likeness (QED) is 0.551. The summed E-state index contributed by atoms with van der Waals surface area (Å²) in [4.78, 5) is 20.9. The molecule has 64 valence electrons. The summed E-state index contributed by atoms with van der Waals surface area (Å²) in [7, 11) is 0. The van der Waals surface area contributed by atoms with Gasteiger partial charge in [-0.15, -0.1) is 0 Å². The largest absolute Gasteiger partial charge is 0.303 e. The van der Waals surface area contributed by atoms with Crippen molar-refractivity contribution in [2.75, 3.05) is 0 Å². The lowest BCUT2D eigenvalue weighted by Gasteiger charge is -2.05. The van der Waals surface area contributed by atoms with E-state index in [4.69, 9.17) is 0 Å². The van der Waals surface area contributed by atoms with Gasteiger partial charge in [-0.05, 0) is 19.8 Å². The number of aldehydes is 1. The zero-order valence-electron chi connectivity index (χ0n) is 7.30. The number of carbonyl (C=O) groups excluding carboxylic acids is 2.